The maximum atomic E-state index is 6.39. The fourth-order valence-electron chi connectivity index (χ4n) is 5.02. The zero-order valence-corrected chi connectivity index (χ0v) is 22.5. The molecule has 1 aliphatic carbocycles. The summed E-state index contributed by atoms with van der Waals surface area (Å²) in [6.45, 7) is 2.40. The Bertz CT molecular complexity index is 1290. The van der Waals surface area contributed by atoms with E-state index >= 15 is 0 Å². The molecule has 0 saturated heterocycles. The maximum absolute atomic E-state index is 6.39. The number of hydrogen-bond donors (Lipinski definition) is 1. The second-order valence-electron chi connectivity index (χ2n) is 8.72. The molecular weight excluding hydrogens is 557 g/mol. The second-order valence-corrected chi connectivity index (χ2v) is 10.9. The van der Waals surface area contributed by atoms with Crippen LogP contribution in [0.3, 0.4) is 0 Å². The minimum absolute atomic E-state index is 0.123. The van der Waals surface area contributed by atoms with Crippen LogP contribution in [0.15, 0.2) is 59.1 Å². The Kier molecular flexibility index (Phi) is 6.78. The van der Waals surface area contributed by atoms with E-state index in [2.05, 4.69) is 58.5 Å². The molecular formula is C27H23BrCl3NO2. The average Bonchev–Trinajstić information content (AvgIpc) is 3.29. The van der Waals surface area contributed by atoms with Crippen molar-refractivity contribution < 1.29 is 9.47 Å². The molecule has 3 atom stereocenters. The summed E-state index contributed by atoms with van der Waals surface area (Å²) in [5, 5.41) is 5.75. The van der Waals surface area contributed by atoms with E-state index in [4.69, 9.17) is 44.3 Å². The first kappa shape index (κ1) is 23.9. The van der Waals surface area contributed by atoms with Crippen molar-refractivity contribution in [3.8, 4) is 11.5 Å². The lowest BCUT2D eigenvalue weighted by molar-refractivity contribution is 0.282. The SMILES string of the molecule is COc1cc([C@@H]2Nc3c(C)cc(Cl)cc3[C@H]3C=CC[C@@H]32)cc(Br)c1OCc1ccc(Cl)cc1Cl. The predicted molar refractivity (Wildman–Crippen MR) is 144 cm³/mol. The van der Waals surface area contributed by atoms with Gasteiger partial charge in [0.25, 0.3) is 0 Å². The molecule has 3 aromatic carbocycles. The number of benzene rings is 3. The third-order valence-electron chi connectivity index (χ3n) is 6.63. The van der Waals surface area contributed by atoms with Crippen LogP contribution in [0.5, 0.6) is 11.5 Å². The van der Waals surface area contributed by atoms with Gasteiger partial charge in [0.05, 0.1) is 17.6 Å². The number of halogens is 4. The van der Waals surface area contributed by atoms with Crippen molar-refractivity contribution in [2.75, 3.05) is 12.4 Å². The highest BCUT2D eigenvalue weighted by Gasteiger charge is 2.39. The van der Waals surface area contributed by atoms with Crippen LogP contribution in [0.25, 0.3) is 0 Å². The molecule has 1 aliphatic heterocycles. The Hall–Kier alpha value is -1.85. The molecule has 0 bridgehead atoms. The van der Waals surface area contributed by atoms with Crippen molar-refractivity contribution in [3.63, 3.8) is 0 Å². The van der Waals surface area contributed by atoms with Crippen molar-refractivity contribution in [1.82, 2.24) is 0 Å². The first-order valence-electron chi connectivity index (χ1n) is 11.0. The van der Waals surface area contributed by atoms with E-state index in [1.807, 2.05) is 12.1 Å². The van der Waals surface area contributed by atoms with Gasteiger partial charge in [-0.2, -0.15) is 0 Å². The summed E-state index contributed by atoms with van der Waals surface area (Å²) in [6.07, 6.45) is 5.59. The van der Waals surface area contributed by atoms with Crippen LogP contribution < -0.4 is 14.8 Å². The first-order valence-corrected chi connectivity index (χ1v) is 13.0. The van der Waals surface area contributed by atoms with Crippen molar-refractivity contribution in [3.05, 3.63) is 96.4 Å². The van der Waals surface area contributed by atoms with Crippen LogP contribution in [0.2, 0.25) is 15.1 Å². The van der Waals surface area contributed by atoms with E-state index in [1.54, 1.807) is 19.2 Å². The Morgan fingerprint density at radius 1 is 1.06 bits per heavy atom. The fourth-order valence-corrected chi connectivity index (χ4v) is 6.34. The van der Waals surface area contributed by atoms with Gasteiger partial charge in [-0.25, -0.2) is 0 Å². The van der Waals surface area contributed by atoms with Crippen LogP contribution in [-0.4, -0.2) is 7.11 Å². The summed E-state index contributed by atoms with van der Waals surface area (Å²) in [5.74, 6) is 2.02. The lowest BCUT2D eigenvalue weighted by atomic mass is 9.76. The highest BCUT2D eigenvalue weighted by Crippen LogP contribution is 2.52. The summed E-state index contributed by atoms with van der Waals surface area (Å²) < 4.78 is 12.7. The number of methoxy groups -OCH3 is 1. The minimum atomic E-state index is 0.123. The van der Waals surface area contributed by atoms with Crippen molar-refractivity contribution in [2.24, 2.45) is 5.92 Å². The molecule has 0 spiro atoms. The van der Waals surface area contributed by atoms with E-state index in [9.17, 15) is 0 Å². The van der Waals surface area contributed by atoms with Gasteiger partial charge < -0.3 is 14.8 Å². The number of rotatable bonds is 5. The third-order valence-corrected chi connectivity index (χ3v) is 8.02. The molecule has 1 N–H and O–H groups in total. The molecule has 3 nitrogen and oxygen atoms in total. The maximum Gasteiger partial charge on any atom is 0.175 e. The van der Waals surface area contributed by atoms with Crippen LogP contribution in [0, 0.1) is 12.8 Å². The Morgan fingerprint density at radius 2 is 1.88 bits per heavy atom. The molecule has 34 heavy (non-hydrogen) atoms. The molecule has 3 aromatic rings. The zero-order valence-electron chi connectivity index (χ0n) is 18.7. The average molecular weight is 580 g/mol. The molecule has 0 fully saturated rings. The van der Waals surface area contributed by atoms with E-state index in [1.165, 1.54) is 5.56 Å². The van der Waals surface area contributed by atoms with Crippen molar-refractivity contribution >= 4 is 56.4 Å². The van der Waals surface area contributed by atoms with Gasteiger partial charge in [-0.3, -0.25) is 0 Å². The molecule has 176 valence electrons. The Balaban J connectivity index is 1.47. The van der Waals surface area contributed by atoms with E-state index in [-0.39, 0.29) is 6.04 Å². The lowest BCUT2D eigenvalue weighted by Gasteiger charge is -2.38. The fraction of sp³-hybridized carbons (Fsp3) is 0.259. The largest absolute Gasteiger partial charge is 0.493 e. The van der Waals surface area contributed by atoms with Gasteiger partial charge in [-0.05, 0) is 88.3 Å². The van der Waals surface area contributed by atoms with E-state index in [0.29, 0.717) is 40.0 Å². The molecule has 0 aromatic heterocycles. The highest BCUT2D eigenvalue weighted by molar-refractivity contribution is 9.10. The highest BCUT2D eigenvalue weighted by atomic mass is 79.9. The number of ether oxygens (including phenoxy) is 2. The van der Waals surface area contributed by atoms with E-state index in [0.717, 1.165) is 38.3 Å². The van der Waals surface area contributed by atoms with Gasteiger partial charge in [0.15, 0.2) is 11.5 Å². The lowest BCUT2D eigenvalue weighted by Crippen LogP contribution is -2.29. The third kappa shape index (κ3) is 4.42. The first-order chi connectivity index (χ1) is 16.4. The molecule has 0 saturated carbocycles. The number of fused-ring (bicyclic) bond motifs is 3. The molecule has 7 heteroatoms. The van der Waals surface area contributed by atoms with Gasteiger partial charge in [-0.1, -0.05) is 53.0 Å². The summed E-state index contributed by atoms with van der Waals surface area (Å²) in [6, 6.07) is 13.8. The van der Waals surface area contributed by atoms with Gasteiger partial charge >= 0.3 is 0 Å². The topological polar surface area (TPSA) is 30.5 Å². The predicted octanol–water partition coefficient (Wildman–Crippen LogP) is 9.13. The molecule has 5 rings (SSSR count). The van der Waals surface area contributed by atoms with Crippen LogP contribution in [0.1, 0.15) is 40.6 Å². The molecule has 0 amide bonds. The van der Waals surface area contributed by atoms with Gasteiger partial charge in [-0.15, -0.1) is 0 Å². The summed E-state index contributed by atoms with van der Waals surface area (Å²) >= 11 is 22.4. The second kappa shape index (κ2) is 9.66. The molecule has 1 heterocycles. The summed E-state index contributed by atoms with van der Waals surface area (Å²) in [5.41, 5.74) is 5.57. The number of nitrogens with one attached hydrogen (secondary N) is 1. The van der Waals surface area contributed by atoms with Crippen LogP contribution >= 0.6 is 50.7 Å². The molecule has 0 radical (unpaired) electrons. The molecule has 2 aliphatic rings. The van der Waals surface area contributed by atoms with Crippen molar-refractivity contribution in [1.29, 1.82) is 0 Å². The standard InChI is InChI=1S/C27H23BrCl3NO2/c1-14-8-18(30)11-21-19-4-3-5-20(19)26(32-25(14)21)16-9-22(28)27(24(10-16)33-2)34-13-15-6-7-17(29)12-23(15)31/h3-4,6-12,19-20,26,32H,5,13H2,1-2H3/t19-,20-,26-/m0/s1. The minimum Gasteiger partial charge on any atom is -0.493 e. The van der Waals surface area contributed by atoms with E-state index < -0.39 is 0 Å². The number of aryl methyl sites for hydroxylation is 1. The smallest absolute Gasteiger partial charge is 0.175 e. The summed E-state index contributed by atoms with van der Waals surface area (Å²) in [7, 11) is 1.66. The monoisotopic (exact) mass is 577 g/mol. The van der Waals surface area contributed by atoms with Crippen LogP contribution in [0.4, 0.5) is 5.69 Å². The molecule has 0 unspecified atom stereocenters. The normalized spacial score (nSPS) is 20.5. The van der Waals surface area contributed by atoms with Gasteiger partial charge in [0, 0.05) is 32.2 Å². The van der Waals surface area contributed by atoms with Crippen LogP contribution in [-0.2, 0) is 6.61 Å². The quantitative estimate of drug-likeness (QED) is 0.306. The Labute approximate surface area is 223 Å². The summed E-state index contributed by atoms with van der Waals surface area (Å²) in [4.78, 5) is 0. The Morgan fingerprint density at radius 3 is 2.65 bits per heavy atom. The number of hydrogen-bond acceptors (Lipinski definition) is 3. The van der Waals surface area contributed by atoms with Gasteiger partial charge in [0.2, 0.25) is 0 Å². The van der Waals surface area contributed by atoms with Gasteiger partial charge in [0.1, 0.15) is 6.61 Å². The number of anilines is 1. The van der Waals surface area contributed by atoms with Crippen molar-refractivity contribution in [2.45, 2.75) is 31.9 Å². The zero-order chi connectivity index (χ0) is 24.0. The number of allylic oxidation sites excluding steroid dienone is 2.